The Hall–Kier alpha value is -10.1. The van der Waals surface area contributed by atoms with Crippen LogP contribution in [0.5, 0.6) is 0 Å². The Morgan fingerprint density at radius 1 is 0.280 bits per heavy atom. The van der Waals surface area contributed by atoms with Gasteiger partial charge in [-0.1, -0.05) is 182 Å². The molecular formula is C72H42F6N4. The van der Waals surface area contributed by atoms with Crippen molar-refractivity contribution in [3.8, 4) is 22.7 Å². The van der Waals surface area contributed by atoms with Crippen molar-refractivity contribution in [2.45, 2.75) is 25.2 Å². The normalized spacial score (nSPS) is 13.3. The van der Waals surface area contributed by atoms with E-state index in [2.05, 4.69) is 6.08 Å². The molecule has 0 aliphatic heterocycles. The SMILES string of the molecule is FC(F)(F)c1c(-n2c3ccccc3c3c4c(ccc32)CCC=C4)c(-n2c3ccccc3c3c4ccccc4ccc32)c(C(F)(F)F)c(-n2c3ccccc3c3c4ccccc4ccc32)c1-n1c2ccccc2c2c3ccccc3ccc21. The molecule has 392 valence electrons. The van der Waals surface area contributed by atoms with Gasteiger partial charge in [-0.25, -0.2) is 0 Å². The molecule has 16 aromatic rings. The molecule has 0 atom stereocenters. The molecule has 4 heterocycles. The van der Waals surface area contributed by atoms with Crippen LogP contribution in [-0.2, 0) is 18.8 Å². The minimum absolute atomic E-state index is 0.308. The zero-order chi connectivity index (χ0) is 54.9. The smallest absolute Gasteiger partial charge is 0.306 e. The van der Waals surface area contributed by atoms with Gasteiger partial charge in [0.15, 0.2) is 0 Å². The highest BCUT2D eigenvalue weighted by Crippen LogP contribution is 2.57. The maximum Gasteiger partial charge on any atom is 0.420 e. The number of aryl methyl sites for hydroxylation is 1. The number of nitrogens with zero attached hydrogens (tertiary/aromatic N) is 4. The van der Waals surface area contributed by atoms with E-state index in [-0.39, 0.29) is 0 Å². The average molecular weight is 1080 g/mol. The van der Waals surface area contributed by atoms with E-state index in [1.807, 2.05) is 158 Å². The van der Waals surface area contributed by atoms with E-state index in [1.165, 1.54) is 18.3 Å². The van der Waals surface area contributed by atoms with Crippen molar-refractivity contribution in [2.75, 3.05) is 0 Å². The highest BCUT2D eigenvalue weighted by molar-refractivity contribution is 6.25. The van der Waals surface area contributed by atoms with Crippen molar-refractivity contribution in [1.82, 2.24) is 18.3 Å². The Labute approximate surface area is 462 Å². The van der Waals surface area contributed by atoms with Gasteiger partial charge >= 0.3 is 12.4 Å². The Kier molecular flexibility index (Phi) is 9.56. The molecule has 0 bridgehead atoms. The Bertz CT molecular complexity index is 5510. The third-order valence-corrected chi connectivity index (χ3v) is 17.4. The molecular weight excluding hydrogens is 1030 g/mol. The Morgan fingerprint density at radius 2 is 0.573 bits per heavy atom. The third-order valence-electron chi connectivity index (χ3n) is 17.4. The minimum Gasteiger partial charge on any atom is -0.306 e. The molecule has 0 saturated carbocycles. The van der Waals surface area contributed by atoms with Crippen LogP contribution in [0.3, 0.4) is 0 Å². The third kappa shape index (κ3) is 6.29. The molecule has 17 rings (SSSR count). The van der Waals surface area contributed by atoms with Gasteiger partial charge in [0.05, 0.1) is 66.9 Å². The molecule has 12 aromatic carbocycles. The van der Waals surface area contributed by atoms with Crippen molar-refractivity contribution in [1.29, 1.82) is 0 Å². The van der Waals surface area contributed by atoms with Gasteiger partial charge in [0.2, 0.25) is 0 Å². The maximum atomic E-state index is 18.6. The van der Waals surface area contributed by atoms with Crippen LogP contribution in [0.15, 0.2) is 224 Å². The number of hydrogen-bond donors (Lipinski definition) is 0. The fraction of sp³-hybridized carbons (Fsp3) is 0.0556. The van der Waals surface area contributed by atoms with E-state index in [0.29, 0.717) is 93.6 Å². The van der Waals surface area contributed by atoms with Crippen LogP contribution in [0, 0.1) is 0 Å². The first-order valence-electron chi connectivity index (χ1n) is 27.4. The monoisotopic (exact) mass is 1080 g/mol. The second kappa shape index (κ2) is 16.7. The van der Waals surface area contributed by atoms with Crippen molar-refractivity contribution >= 4 is 126 Å². The maximum absolute atomic E-state index is 18.6. The van der Waals surface area contributed by atoms with Crippen molar-refractivity contribution < 1.29 is 26.3 Å². The fourth-order valence-corrected chi connectivity index (χ4v) is 14.3. The summed E-state index contributed by atoms with van der Waals surface area (Å²) in [6.45, 7) is 0. The number of fused-ring (bicyclic) bond motifs is 20. The van der Waals surface area contributed by atoms with E-state index in [1.54, 1.807) is 66.7 Å². The summed E-state index contributed by atoms with van der Waals surface area (Å²) >= 11 is 0. The quantitative estimate of drug-likeness (QED) is 0.157. The van der Waals surface area contributed by atoms with E-state index >= 15 is 26.3 Å². The predicted octanol–water partition coefficient (Wildman–Crippen LogP) is 20.5. The molecule has 0 amide bonds. The van der Waals surface area contributed by atoms with Gasteiger partial charge in [0.25, 0.3) is 0 Å². The number of rotatable bonds is 4. The van der Waals surface area contributed by atoms with Gasteiger partial charge in [0, 0.05) is 43.1 Å². The van der Waals surface area contributed by atoms with Crippen molar-refractivity contribution in [2.24, 2.45) is 0 Å². The first-order chi connectivity index (χ1) is 40.0. The van der Waals surface area contributed by atoms with Crippen molar-refractivity contribution in [3.63, 3.8) is 0 Å². The highest BCUT2D eigenvalue weighted by atomic mass is 19.4. The molecule has 4 aromatic heterocycles. The van der Waals surface area contributed by atoms with Crippen LogP contribution in [0.2, 0.25) is 0 Å². The zero-order valence-electron chi connectivity index (χ0n) is 43.4. The van der Waals surface area contributed by atoms with Crippen LogP contribution in [0.4, 0.5) is 26.3 Å². The number of hydrogen-bond acceptors (Lipinski definition) is 0. The molecule has 0 fully saturated rings. The van der Waals surface area contributed by atoms with E-state index in [4.69, 9.17) is 0 Å². The van der Waals surface area contributed by atoms with Gasteiger partial charge < -0.3 is 18.3 Å². The van der Waals surface area contributed by atoms with E-state index in [0.717, 1.165) is 49.9 Å². The number of para-hydroxylation sites is 4. The molecule has 0 unspecified atom stereocenters. The second-order valence-corrected chi connectivity index (χ2v) is 21.6. The van der Waals surface area contributed by atoms with Gasteiger partial charge in [-0.05, 0) is 105 Å². The molecule has 1 aliphatic carbocycles. The lowest BCUT2D eigenvalue weighted by Gasteiger charge is -2.32. The number of benzene rings is 12. The molecule has 0 spiro atoms. The van der Waals surface area contributed by atoms with Crippen LogP contribution < -0.4 is 0 Å². The number of alkyl halides is 6. The molecule has 0 radical (unpaired) electrons. The summed E-state index contributed by atoms with van der Waals surface area (Å²) in [6.07, 6.45) is -5.20. The highest BCUT2D eigenvalue weighted by Gasteiger charge is 2.50. The van der Waals surface area contributed by atoms with Gasteiger partial charge in [0.1, 0.15) is 11.1 Å². The topological polar surface area (TPSA) is 19.7 Å². The number of halogens is 6. The predicted molar refractivity (Wildman–Crippen MR) is 324 cm³/mol. The van der Waals surface area contributed by atoms with Crippen LogP contribution in [0.25, 0.3) is 148 Å². The lowest BCUT2D eigenvalue weighted by Crippen LogP contribution is -2.26. The number of aromatic nitrogens is 4. The van der Waals surface area contributed by atoms with Crippen molar-refractivity contribution in [3.05, 3.63) is 247 Å². The standard InChI is InChI=1S/C72H42F6N4/c73-71(74,75)65-67(79-53-29-13-9-25-49(53)61-45-21-5-1-17-41(45)33-37-57(61)79)68(80-54-30-14-10-26-50(54)62-46-22-6-2-18-42(46)34-38-58(62)80)66(72(76,77)78)70(82-56-32-16-12-28-52(56)64-48-24-8-4-20-44(48)36-40-60(64)82)69(65)81-55-31-15-11-27-51(55)63-47-23-7-3-19-43(47)35-39-59(63)81/h1-3,5-19,21-40H,4,20H2. The summed E-state index contributed by atoms with van der Waals surface area (Å²) < 4.78 is 118. The molecule has 1 aliphatic rings. The fourth-order valence-electron chi connectivity index (χ4n) is 14.3. The summed E-state index contributed by atoms with van der Waals surface area (Å²) in [7, 11) is 0. The molecule has 4 nitrogen and oxygen atoms in total. The Balaban J connectivity index is 1.23. The first kappa shape index (κ1) is 46.8. The van der Waals surface area contributed by atoms with Gasteiger partial charge in [-0.2, -0.15) is 26.3 Å². The summed E-state index contributed by atoms with van der Waals surface area (Å²) in [5, 5.41) is 9.63. The lowest BCUT2D eigenvalue weighted by molar-refractivity contribution is -0.141. The Morgan fingerprint density at radius 3 is 0.927 bits per heavy atom. The second-order valence-electron chi connectivity index (χ2n) is 21.6. The summed E-state index contributed by atoms with van der Waals surface area (Å²) in [5.74, 6) is 0. The zero-order valence-corrected chi connectivity index (χ0v) is 43.4. The van der Waals surface area contributed by atoms with E-state index in [9.17, 15) is 0 Å². The van der Waals surface area contributed by atoms with Crippen LogP contribution >= 0.6 is 0 Å². The summed E-state index contributed by atoms with van der Waals surface area (Å²) in [4.78, 5) is 0. The van der Waals surface area contributed by atoms with Gasteiger partial charge in [-0.15, -0.1) is 0 Å². The van der Waals surface area contributed by atoms with Crippen LogP contribution in [-0.4, -0.2) is 18.3 Å². The molecule has 82 heavy (non-hydrogen) atoms. The average Bonchev–Trinajstić information content (AvgIpc) is 4.26. The first-order valence-corrected chi connectivity index (χ1v) is 27.4. The molecule has 0 saturated heterocycles. The molecule has 0 N–H and O–H groups in total. The van der Waals surface area contributed by atoms with Crippen LogP contribution in [0.1, 0.15) is 28.7 Å². The largest absolute Gasteiger partial charge is 0.420 e. The summed E-state index contributed by atoms with van der Waals surface area (Å²) in [6, 6.07) is 66.1. The number of allylic oxidation sites excluding steroid dienone is 1. The van der Waals surface area contributed by atoms with E-state index < -0.39 is 46.2 Å². The minimum atomic E-state index is -5.37. The molecule has 10 heteroatoms. The van der Waals surface area contributed by atoms with Gasteiger partial charge in [-0.3, -0.25) is 0 Å². The summed E-state index contributed by atoms with van der Waals surface area (Å²) in [5.41, 5.74) is -0.748. The lowest BCUT2D eigenvalue weighted by atomic mass is 9.93.